The fourth-order valence-electron chi connectivity index (χ4n) is 4.05. The van der Waals surface area contributed by atoms with Crippen molar-refractivity contribution in [3.63, 3.8) is 0 Å². The molecule has 0 radical (unpaired) electrons. The molecule has 2 aromatic rings. The van der Waals surface area contributed by atoms with Gasteiger partial charge in [0.05, 0.1) is 0 Å². The van der Waals surface area contributed by atoms with Crippen LogP contribution in [0.1, 0.15) is 43.2 Å². The number of rotatable bonds is 9. The van der Waals surface area contributed by atoms with E-state index in [4.69, 9.17) is 0 Å². The van der Waals surface area contributed by atoms with E-state index in [1.165, 1.54) is 11.3 Å². The molecule has 1 aliphatic carbocycles. The molecular formula is C25H34N4O2. The summed E-state index contributed by atoms with van der Waals surface area (Å²) in [6, 6.07) is 18.0. The molecule has 6 nitrogen and oxygen atoms in total. The summed E-state index contributed by atoms with van der Waals surface area (Å²) >= 11 is 0. The summed E-state index contributed by atoms with van der Waals surface area (Å²) in [6.07, 6.45) is 5.04. The quantitative estimate of drug-likeness (QED) is 0.541. The molecule has 0 aromatic heterocycles. The van der Waals surface area contributed by atoms with Crippen LogP contribution in [0.25, 0.3) is 0 Å². The Hall–Kier alpha value is -3.02. The zero-order valence-corrected chi connectivity index (χ0v) is 18.6. The number of nitrogens with one attached hydrogen (secondary N) is 3. The minimum atomic E-state index is -0.797. The lowest BCUT2D eigenvalue weighted by atomic mass is 9.96. The van der Waals surface area contributed by atoms with Crippen molar-refractivity contribution in [1.82, 2.24) is 16.0 Å². The molecular weight excluding hydrogens is 388 g/mol. The number of urea groups is 1. The number of hydrogen-bond acceptors (Lipinski definition) is 3. The van der Waals surface area contributed by atoms with Gasteiger partial charge in [-0.3, -0.25) is 4.79 Å². The van der Waals surface area contributed by atoms with Crippen LogP contribution in [-0.2, 0) is 17.8 Å². The Labute approximate surface area is 185 Å². The summed E-state index contributed by atoms with van der Waals surface area (Å²) in [5.41, 5.74) is 2.67. The number of amides is 3. The molecule has 0 bridgehead atoms. The predicted molar refractivity (Wildman–Crippen MR) is 125 cm³/mol. The number of nitrogens with zero attached hydrogens (tertiary/aromatic N) is 1. The van der Waals surface area contributed by atoms with E-state index in [1.54, 1.807) is 0 Å². The van der Waals surface area contributed by atoms with Gasteiger partial charge in [0.2, 0.25) is 5.91 Å². The number of carbonyl (C=O) groups is 2. The van der Waals surface area contributed by atoms with Gasteiger partial charge in [0, 0.05) is 32.9 Å². The van der Waals surface area contributed by atoms with Gasteiger partial charge in [-0.1, -0.05) is 55.3 Å². The number of anilines is 1. The monoisotopic (exact) mass is 422 g/mol. The first-order valence-electron chi connectivity index (χ1n) is 11.1. The molecule has 0 unspecified atom stereocenters. The lowest BCUT2D eigenvalue weighted by Gasteiger charge is -2.29. The first kappa shape index (κ1) is 22.7. The SMILES string of the molecule is CN(C)c1ccc(CCCNC(=O)C2(NC(=O)NCc3ccccc3)CCCC2)cc1. The van der Waals surface area contributed by atoms with E-state index in [1.807, 2.05) is 44.4 Å². The van der Waals surface area contributed by atoms with Crippen molar-refractivity contribution >= 4 is 17.6 Å². The van der Waals surface area contributed by atoms with Crippen molar-refractivity contribution in [2.45, 2.75) is 50.6 Å². The Morgan fingerprint density at radius 2 is 1.58 bits per heavy atom. The van der Waals surface area contributed by atoms with Crippen molar-refractivity contribution in [2.24, 2.45) is 0 Å². The van der Waals surface area contributed by atoms with Gasteiger partial charge in [-0.25, -0.2) is 4.79 Å². The molecule has 1 aliphatic rings. The summed E-state index contributed by atoms with van der Waals surface area (Å²) in [5.74, 6) is -0.0668. The molecule has 3 rings (SSSR count). The number of benzene rings is 2. The van der Waals surface area contributed by atoms with Crippen molar-refractivity contribution in [2.75, 3.05) is 25.5 Å². The molecule has 1 saturated carbocycles. The molecule has 0 aliphatic heterocycles. The standard InChI is InChI=1S/C25H34N4O2/c1-29(2)22-14-12-20(13-15-22)11-8-18-26-23(30)25(16-6-7-17-25)28-24(31)27-19-21-9-4-3-5-10-21/h3-5,9-10,12-15H,6-8,11,16-19H2,1-2H3,(H,26,30)(H2,27,28,31). The Morgan fingerprint density at radius 1 is 0.903 bits per heavy atom. The molecule has 1 fully saturated rings. The van der Waals surface area contributed by atoms with Gasteiger partial charge in [0.15, 0.2) is 0 Å². The zero-order chi connectivity index (χ0) is 22.1. The Morgan fingerprint density at radius 3 is 2.23 bits per heavy atom. The van der Waals surface area contributed by atoms with Gasteiger partial charge in [-0.2, -0.15) is 0 Å². The van der Waals surface area contributed by atoms with Gasteiger partial charge in [0.25, 0.3) is 0 Å². The summed E-state index contributed by atoms with van der Waals surface area (Å²) in [7, 11) is 4.05. The van der Waals surface area contributed by atoms with Crippen LogP contribution in [0.3, 0.4) is 0 Å². The van der Waals surface area contributed by atoms with Crippen LogP contribution in [0.2, 0.25) is 0 Å². The molecule has 166 valence electrons. The smallest absolute Gasteiger partial charge is 0.315 e. The van der Waals surface area contributed by atoms with E-state index in [0.29, 0.717) is 25.9 Å². The Kier molecular flexibility index (Phi) is 7.93. The molecule has 6 heteroatoms. The van der Waals surface area contributed by atoms with Gasteiger partial charge in [-0.15, -0.1) is 0 Å². The van der Waals surface area contributed by atoms with Gasteiger partial charge >= 0.3 is 6.03 Å². The predicted octanol–water partition coefficient (Wildman–Crippen LogP) is 3.61. The highest BCUT2D eigenvalue weighted by Crippen LogP contribution is 2.30. The minimum Gasteiger partial charge on any atom is -0.378 e. The van der Waals surface area contributed by atoms with Crippen LogP contribution in [0.4, 0.5) is 10.5 Å². The van der Waals surface area contributed by atoms with Crippen molar-refractivity contribution in [1.29, 1.82) is 0 Å². The average Bonchev–Trinajstić information content (AvgIpc) is 3.26. The van der Waals surface area contributed by atoms with Crippen LogP contribution < -0.4 is 20.9 Å². The van der Waals surface area contributed by atoms with Crippen LogP contribution in [0, 0.1) is 0 Å². The summed E-state index contributed by atoms with van der Waals surface area (Å²) in [6.45, 7) is 1.04. The van der Waals surface area contributed by atoms with E-state index in [-0.39, 0.29) is 11.9 Å². The second-order valence-corrected chi connectivity index (χ2v) is 8.50. The second-order valence-electron chi connectivity index (χ2n) is 8.50. The summed E-state index contributed by atoms with van der Waals surface area (Å²) in [4.78, 5) is 27.5. The zero-order valence-electron chi connectivity index (χ0n) is 18.6. The molecule has 3 N–H and O–H groups in total. The highest BCUT2D eigenvalue weighted by molar-refractivity contribution is 5.91. The van der Waals surface area contributed by atoms with Crippen molar-refractivity contribution in [3.8, 4) is 0 Å². The third kappa shape index (κ3) is 6.48. The van der Waals surface area contributed by atoms with Crippen LogP contribution in [-0.4, -0.2) is 38.1 Å². The molecule has 2 aromatic carbocycles. The minimum absolute atomic E-state index is 0.0668. The third-order valence-corrected chi connectivity index (χ3v) is 5.92. The average molecular weight is 423 g/mol. The number of aryl methyl sites for hydroxylation is 1. The molecule has 3 amide bonds. The van der Waals surface area contributed by atoms with Gasteiger partial charge in [0.1, 0.15) is 5.54 Å². The number of carbonyl (C=O) groups excluding carboxylic acids is 2. The molecule has 0 atom stereocenters. The summed E-state index contributed by atoms with van der Waals surface area (Å²) in [5, 5.41) is 8.90. The number of hydrogen-bond donors (Lipinski definition) is 3. The molecule has 0 spiro atoms. The van der Waals surface area contributed by atoms with E-state index < -0.39 is 5.54 Å². The maximum absolute atomic E-state index is 12.9. The lowest BCUT2D eigenvalue weighted by molar-refractivity contribution is -0.127. The highest BCUT2D eigenvalue weighted by atomic mass is 16.2. The molecule has 0 saturated heterocycles. The Balaban J connectivity index is 1.45. The summed E-state index contributed by atoms with van der Waals surface area (Å²) < 4.78 is 0. The highest BCUT2D eigenvalue weighted by Gasteiger charge is 2.42. The molecule has 0 heterocycles. The van der Waals surface area contributed by atoms with E-state index in [9.17, 15) is 9.59 Å². The maximum Gasteiger partial charge on any atom is 0.315 e. The first-order valence-corrected chi connectivity index (χ1v) is 11.1. The van der Waals surface area contributed by atoms with Crippen LogP contribution in [0.5, 0.6) is 0 Å². The first-order chi connectivity index (χ1) is 15.0. The largest absolute Gasteiger partial charge is 0.378 e. The third-order valence-electron chi connectivity index (χ3n) is 5.92. The topological polar surface area (TPSA) is 73.5 Å². The van der Waals surface area contributed by atoms with Crippen molar-refractivity contribution < 1.29 is 9.59 Å². The van der Waals surface area contributed by atoms with Gasteiger partial charge < -0.3 is 20.9 Å². The fourth-order valence-corrected chi connectivity index (χ4v) is 4.05. The van der Waals surface area contributed by atoms with E-state index in [2.05, 4.69) is 45.1 Å². The van der Waals surface area contributed by atoms with Crippen LogP contribution in [0.15, 0.2) is 54.6 Å². The maximum atomic E-state index is 12.9. The van der Waals surface area contributed by atoms with Gasteiger partial charge in [-0.05, 0) is 48.9 Å². The second kappa shape index (κ2) is 10.8. The fraction of sp³-hybridized carbons (Fsp3) is 0.440. The van der Waals surface area contributed by atoms with E-state index >= 15 is 0 Å². The lowest BCUT2D eigenvalue weighted by Crippen LogP contribution is -2.59. The Bertz CT molecular complexity index is 844. The normalized spacial score (nSPS) is 14.6. The molecule has 31 heavy (non-hydrogen) atoms. The van der Waals surface area contributed by atoms with Crippen molar-refractivity contribution in [3.05, 3.63) is 65.7 Å². The van der Waals surface area contributed by atoms with Crippen LogP contribution >= 0.6 is 0 Å². The van der Waals surface area contributed by atoms with E-state index in [0.717, 1.165) is 31.2 Å².